The Morgan fingerprint density at radius 1 is 1.21 bits per heavy atom. The Labute approximate surface area is 178 Å². The number of nitrogen functional groups attached to an aromatic ring is 1. The van der Waals surface area contributed by atoms with E-state index in [9.17, 15) is 4.79 Å². The summed E-state index contributed by atoms with van der Waals surface area (Å²) in [4.78, 5) is 17.2. The van der Waals surface area contributed by atoms with Crippen LogP contribution in [0.4, 0.5) is 10.5 Å². The van der Waals surface area contributed by atoms with Crippen LogP contribution in [0.1, 0.15) is 25.1 Å². The van der Waals surface area contributed by atoms with Crippen LogP contribution < -0.4 is 10.5 Å². The molecule has 3 aromatic rings. The highest BCUT2D eigenvalue weighted by atomic mass is 35.5. The Balaban J connectivity index is 1.76. The summed E-state index contributed by atoms with van der Waals surface area (Å²) in [5.74, 6) is 0.974. The molecule has 0 atom stereocenters. The van der Waals surface area contributed by atoms with Gasteiger partial charge in [0.1, 0.15) is 5.75 Å². The number of anilines is 1. The van der Waals surface area contributed by atoms with E-state index in [1.165, 1.54) is 7.11 Å². The maximum Gasteiger partial charge on any atom is 0.409 e. The third-order valence-electron chi connectivity index (χ3n) is 5.13. The zero-order valence-electron chi connectivity index (χ0n) is 16.3. The molecule has 29 heavy (non-hydrogen) atoms. The molecule has 0 spiro atoms. The molecule has 0 fully saturated rings. The van der Waals surface area contributed by atoms with Gasteiger partial charge in [0.15, 0.2) is 5.75 Å². The number of aromatic nitrogens is 1. The smallest absolute Gasteiger partial charge is 0.409 e. The number of fused-ring (bicyclic) bond motifs is 3. The molecule has 0 saturated carbocycles. The van der Waals surface area contributed by atoms with Crippen LogP contribution in [-0.4, -0.2) is 29.6 Å². The number of H-pyrrole nitrogens is 1. The van der Waals surface area contributed by atoms with Crippen molar-refractivity contribution in [2.45, 2.75) is 25.8 Å². The average molecular weight is 434 g/mol. The van der Waals surface area contributed by atoms with Gasteiger partial charge in [-0.1, -0.05) is 37.0 Å². The monoisotopic (exact) mass is 433 g/mol. The second-order valence-electron chi connectivity index (χ2n) is 7.81. The Morgan fingerprint density at radius 2 is 1.90 bits per heavy atom. The number of nitrogens with two attached hydrogens (primary N) is 1. The fraction of sp³-hybridized carbons (Fsp3) is 0.286. The van der Waals surface area contributed by atoms with E-state index in [0.29, 0.717) is 40.3 Å². The molecule has 1 aliphatic rings. The summed E-state index contributed by atoms with van der Waals surface area (Å²) in [5.41, 5.74) is 9.09. The number of benzene rings is 2. The highest BCUT2D eigenvalue weighted by Crippen LogP contribution is 2.42. The van der Waals surface area contributed by atoms with E-state index in [1.54, 1.807) is 17.0 Å². The molecule has 0 unspecified atom stereocenters. The summed E-state index contributed by atoms with van der Waals surface area (Å²) in [6.07, 6.45) is -0.334. The number of aromatic amines is 1. The van der Waals surface area contributed by atoms with Gasteiger partial charge >= 0.3 is 6.09 Å². The Kier molecular flexibility index (Phi) is 4.79. The molecule has 1 amide bonds. The molecular formula is C21H21Cl2N3O3. The molecule has 3 N–H and O–H groups in total. The van der Waals surface area contributed by atoms with E-state index in [1.807, 2.05) is 18.2 Å². The Morgan fingerprint density at radius 3 is 2.55 bits per heavy atom. The van der Waals surface area contributed by atoms with Crippen molar-refractivity contribution in [2.24, 2.45) is 0 Å². The van der Waals surface area contributed by atoms with Crippen LogP contribution in [0.3, 0.4) is 0 Å². The van der Waals surface area contributed by atoms with Crippen LogP contribution in [0, 0.1) is 0 Å². The van der Waals surface area contributed by atoms with Crippen LogP contribution in [0.5, 0.6) is 11.5 Å². The van der Waals surface area contributed by atoms with Crippen molar-refractivity contribution in [1.82, 2.24) is 9.88 Å². The number of nitrogens with one attached hydrogen (secondary N) is 1. The summed E-state index contributed by atoms with van der Waals surface area (Å²) in [6, 6.07) is 8.95. The van der Waals surface area contributed by atoms with Crippen molar-refractivity contribution in [3.8, 4) is 11.5 Å². The van der Waals surface area contributed by atoms with Crippen LogP contribution in [0.25, 0.3) is 10.9 Å². The number of halogens is 2. The minimum atomic E-state index is -0.334. The first-order valence-corrected chi connectivity index (χ1v) is 9.85. The average Bonchev–Trinajstić information content (AvgIpc) is 3.02. The molecular weight excluding hydrogens is 413 g/mol. The van der Waals surface area contributed by atoms with Gasteiger partial charge in [0.2, 0.25) is 0 Å². The predicted molar refractivity (Wildman–Crippen MR) is 115 cm³/mol. The Bertz CT molecular complexity index is 1100. The van der Waals surface area contributed by atoms with Gasteiger partial charge in [0.25, 0.3) is 0 Å². The fourth-order valence-corrected chi connectivity index (χ4v) is 4.62. The van der Waals surface area contributed by atoms with E-state index < -0.39 is 0 Å². The van der Waals surface area contributed by atoms with E-state index in [2.05, 4.69) is 18.8 Å². The van der Waals surface area contributed by atoms with Gasteiger partial charge in [-0.3, -0.25) is 0 Å². The molecule has 0 saturated heterocycles. The fourth-order valence-electron chi connectivity index (χ4n) is 4.04. The van der Waals surface area contributed by atoms with Crippen molar-refractivity contribution in [2.75, 3.05) is 19.4 Å². The van der Waals surface area contributed by atoms with Gasteiger partial charge in [-0.15, -0.1) is 0 Å². The lowest BCUT2D eigenvalue weighted by molar-refractivity contribution is 0.106. The van der Waals surface area contributed by atoms with Crippen LogP contribution in [0.2, 0.25) is 10.0 Å². The van der Waals surface area contributed by atoms with Gasteiger partial charge < -0.3 is 25.1 Å². The molecule has 0 radical (unpaired) electrons. The number of carbonyl (C=O) groups excluding carboxylic acids is 1. The highest BCUT2D eigenvalue weighted by Gasteiger charge is 2.37. The van der Waals surface area contributed by atoms with Gasteiger partial charge in [-0.05, 0) is 35.9 Å². The van der Waals surface area contributed by atoms with E-state index in [4.69, 9.17) is 38.4 Å². The predicted octanol–water partition coefficient (Wildman–Crippen LogP) is 5.71. The maximum atomic E-state index is 12.1. The third-order valence-corrected chi connectivity index (χ3v) is 5.69. The first-order chi connectivity index (χ1) is 13.7. The van der Waals surface area contributed by atoms with E-state index in [0.717, 1.165) is 22.2 Å². The van der Waals surface area contributed by atoms with Gasteiger partial charge in [0, 0.05) is 34.2 Å². The lowest BCUT2D eigenvalue weighted by Gasteiger charge is -2.37. The van der Waals surface area contributed by atoms with Crippen LogP contribution in [0.15, 0.2) is 30.3 Å². The molecule has 2 aromatic carbocycles. The second-order valence-corrected chi connectivity index (χ2v) is 8.63. The van der Waals surface area contributed by atoms with Crippen molar-refractivity contribution in [3.05, 3.63) is 51.6 Å². The number of ether oxygens (including phenoxy) is 2. The third kappa shape index (κ3) is 3.47. The molecule has 0 bridgehead atoms. The minimum absolute atomic E-state index is 0.269. The molecule has 0 aliphatic carbocycles. The quantitative estimate of drug-likeness (QED) is 0.507. The first kappa shape index (κ1) is 19.7. The van der Waals surface area contributed by atoms with Crippen molar-refractivity contribution in [3.63, 3.8) is 0 Å². The summed E-state index contributed by atoms with van der Waals surface area (Å²) in [7, 11) is 1.40. The topological polar surface area (TPSA) is 80.6 Å². The largest absolute Gasteiger partial charge is 0.454 e. The molecule has 1 aliphatic heterocycles. The molecule has 152 valence electrons. The first-order valence-electron chi connectivity index (χ1n) is 9.10. The van der Waals surface area contributed by atoms with Crippen molar-refractivity contribution < 1.29 is 14.3 Å². The number of rotatable bonds is 2. The Hall–Kier alpha value is -2.57. The normalized spacial score (nSPS) is 15.3. The number of amides is 1. The summed E-state index contributed by atoms with van der Waals surface area (Å²) in [5, 5.41) is 1.73. The minimum Gasteiger partial charge on any atom is -0.454 e. The van der Waals surface area contributed by atoms with E-state index >= 15 is 0 Å². The molecule has 2 heterocycles. The highest BCUT2D eigenvalue weighted by molar-refractivity contribution is 6.37. The molecule has 4 rings (SSSR count). The zero-order valence-corrected chi connectivity index (χ0v) is 17.8. The van der Waals surface area contributed by atoms with Crippen molar-refractivity contribution in [1.29, 1.82) is 0 Å². The lowest BCUT2D eigenvalue weighted by atomic mass is 9.79. The number of hydrogen-bond acceptors (Lipinski definition) is 4. The number of carbonyl (C=O) groups is 1. The van der Waals surface area contributed by atoms with Crippen LogP contribution in [-0.2, 0) is 16.7 Å². The summed E-state index contributed by atoms with van der Waals surface area (Å²) in [6.45, 7) is 5.23. The van der Waals surface area contributed by atoms with Gasteiger partial charge in [-0.2, -0.15) is 0 Å². The number of hydrogen-bond donors (Lipinski definition) is 2. The van der Waals surface area contributed by atoms with Crippen molar-refractivity contribution >= 4 is 45.9 Å². The standard InChI is InChI=1S/C21H21Cl2N3O3/c1-21(2)10-26(20(27)28-3)9-17-18(21)13-8-12(4-5-16(13)25-17)29-19-14(22)6-11(24)7-15(19)23/h4-8,25H,9-10,24H2,1-3H3. The summed E-state index contributed by atoms with van der Waals surface area (Å²) >= 11 is 12.5. The maximum absolute atomic E-state index is 12.1. The molecule has 6 nitrogen and oxygen atoms in total. The molecule has 1 aromatic heterocycles. The van der Waals surface area contributed by atoms with Crippen LogP contribution >= 0.6 is 23.2 Å². The van der Waals surface area contributed by atoms with E-state index in [-0.39, 0.29) is 11.5 Å². The number of methoxy groups -OCH3 is 1. The SMILES string of the molecule is COC(=O)N1Cc2[nH]c3ccc(Oc4c(Cl)cc(N)cc4Cl)cc3c2C(C)(C)C1. The summed E-state index contributed by atoms with van der Waals surface area (Å²) < 4.78 is 10.9. The lowest BCUT2D eigenvalue weighted by Crippen LogP contribution is -2.44. The van der Waals surface area contributed by atoms with Gasteiger partial charge in [0.05, 0.1) is 23.7 Å². The molecule has 8 heteroatoms. The zero-order chi connectivity index (χ0) is 20.9. The van der Waals surface area contributed by atoms with Gasteiger partial charge in [-0.25, -0.2) is 4.79 Å². The number of nitrogens with zero attached hydrogens (tertiary/aromatic N) is 1. The second kappa shape index (κ2) is 7.04.